The Hall–Kier alpha value is -1.39. The van der Waals surface area contributed by atoms with E-state index in [1.807, 2.05) is 18.2 Å². The van der Waals surface area contributed by atoms with Gasteiger partial charge in [-0.3, -0.25) is 9.78 Å². The maximum atomic E-state index is 12.6. The second-order valence-corrected chi connectivity index (χ2v) is 6.08. The van der Waals surface area contributed by atoms with Crippen LogP contribution in [0.4, 0.5) is 5.69 Å². The molecular formula is C15H12BrClN2O. The topological polar surface area (TPSA) is 33.2 Å². The fraction of sp³-hybridized carbons (Fsp3) is 0.200. The molecule has 0 radical (unpaired) electrons. The molecule has 1 aromatic carbocycles. The Morgan fingerprint density at radius 2 is 2.15 bits per heavy atom. The van der Waals surface area contributed by atoms with Gasteiger partial charge < -0.3 is 4.90 Å². The summed E-state index contributed by atoms with van der Waals surface area (Å²) in [5.74, 6) is -0.0259. The standard InChI is InChI=1S/C15H12BrClN2O/c16-12-6-11(8-18-9-12)15(20)19-5-1-2-10-7-13(17)3-4-14(10)19/h3-4,6-9H,1-2,5H2. The van der Waals surface area contributed by atoms with Gasteiger partial charge in [0.2, 0.25) is 0 Å². The number of amides is 1. The lowest BCUT2D eigenvalue weighted by molar-refractivity contribution is 0.0984. The van der Waals surface area contributed by atoms with Crippen LogP contribution in [0.2, 0.25) is 5.02 Å². The van der Waals surface area contributed by atoms with E-state index in [0.717, 1.165) is 35.1 Å². The predicted octanol–water partition coefficient (Wildman–Crippen LogP) is 4.09. The average Bonchev–Trinajstić information content (AvgIpc) is 2.45. The normalized spacial score (nSPS) is 14.0. The molecule has 20 heavy (non-hydrogen) atoms. The molecule has 0 bridgehead atoms. The van der Waals surface area contributed by atoms with Gasteiger partial charge in [-0.1, -0.05) is 11.6 Å². The van der Waals surface area contributed by atoms with Crippen LogP contribution in [0, 0.1) is 0 Å². The number of aromatic nitrogens is 1. The summed E-state index contributed by atoms with van der Waals surface area (Å²) in [6.07, 6.45) is 5.16. The largest absolute Gasteiger partial charge is 0.308 e. The second kappa shape index (κ2) is 5.54. The maximum Gasteiger partial charge on any atom is 0.259 e. The van der Waals surface area contributed by atoms with Gasteiger partial charge in [0.15, 0.2) is 0 Å². The minimum Gasteiger partial charge on any atom is -0.308 e. The third-order valence-electron chi connectivity index (χ3n) is 3.36. The second-order valence-electron chi connectivity index (χ2n) is 4.73. The summed E-state index contributed by atoms with van der Waals surface area (Å²) in [6, 6.07) is 7.47. The molecule has 0 saturated carbocycles. The zero-order valence-electron chi connectivity index (χ0n) is 10.6. The number of pyridine rings is 1. The molecule has 5 heteroatoms. The molecule has 0 fully saturated rings. The van der Waals surface area contributed by atoms with E-state index in [2.05, 4.69) is 20.9 Å². The number of anilines is 1. The van der Waals surface area contributed by atoms with Gasteiger partial charge in [-0.2, -0.15) is 0 Å². The average molecular weight is 352 g/mol. The summed E-state index contributed by atoms with van der Waals surface area (Å²) in [4.78, 5) is 18.5. The van der Waals surface area contributed by atoms with Crippen LogP contribution in [0.1, 0.15) is 22.3 Å². The highest BCUT2D eigenvalue weighted by Gasteiger charge is 2.23. The van der Waals surface area contributed by atoms with Crippen LogP contribution < -0.4 is 4.90 Å². The lowest BCUT2D eigenvalue weighted by atomic mass is 10.0. The van der Waals surface area contributed by atoms with Crippen LogP contribution in [0.15, 0.2) is 41.1 Å². The smallest absolute Gasteiger partial charge is 0.259 e. The number of carbonyl (C=O) groups excluding carboxylic acids is 1. The zero-order valence-corrected chi connectivity index (χ0v) is 13.0. The van der Waals surface area contributed by atoms with Crippen molar-refractivity contribution in [2.24, 2.45) is 0 Å². The van der Waals surface area contributed by atoms with Crippen molar-refractivity contribution in [3.8, 4) is 0 Å². The summed E-state index contributed by atoms with van der Waals surface area (Å²) in [7, 11) is 0. The van der Waals surface area contributed by atoms with Gasteiger partial charge in [0, 0.05) is 34.1 Å². The molecule has 1 aromatic heterocycles. The summed E-state index contributed by atoms with van der Waals surface area (Å²) < 4.78 is 0.802. The Morgan fingerprint density at radius 3 is 2.95 bits per heavy atom. The Balaban J connectivity index is 1.98. The van der Waals surface area contributed by atoms with Crippen molar-refractivity contribution in [1.29, 1.82) is 0 Å². The van der Waals surface area contributed by atoms with E-state index in [4.69, 9.17) is 11.6 Å². The number of carbonyl (C=O) groups is 1. The fourth-order valence-electron chi connectivity index (χ4n) is 2.46. The molecule has 0 spiro atoms. The Morgan fingerprint density at radius 1 is 1.30 bits per heavy atom. The van der Waals surface area contributed by atoms with Crippen molar-refractivity contribution in [3.63, 3.8) is 0 Å². The maximum absolute atomic E-state index is 12.6. The first-order chi connectivity index (χ1) is 9.65. The van der Waals surface area contributed by atoms with Crippen molar-refractivity contribution < 1.29 is 4.79 Å². The molecule has 1 amide bonds. The quantitative estimate of drug-likeness (QED) is 0.775. The van der Waals surface area contributed by atoms with Gasteiger partial charge in [0.1, 0.15) is 0 Å². The third kappa shape index (κ3) is 2.58. The molecule has 0 unspecified atom stereocenters. The molecule has 1 aliphatic rings. The van der Waals surface area contributed by atoms with Crippen LogP contribution in [0.5, 0.6) is 0 Å². The molecule has 1 aliphatic heterocycles. The molecule has 3 rings (SSSR count). The van der Waals surface area contributed by atoms with Gasteiger partial charge >= 0.3 is 0 Å². The van der Waals surface area contributed by atoms with E-state index in [-0.39, 0.29) is 5.91 Å². The van der Waals surface area contributed by atoms with Crippen molar-refractivity contribution in [1.82, 2.24) is 4.98 Å². The van der Waals surface area contributed by atoms with Crippen LogP contribution in [-0.2, 0) is 6.42 Å². The molecule has 0 N–H and O–H groups in total. The highest BCUT2D eigenvalue weighted by molar-refractivity contribution is 9.10. The number of fused-ring (bicyclic) bond motifs is 1. The Kier molecular flexibility index (Phi) is 3.76. The van der Waals surface area contributed by atoms with Gasteiger partial charge in [-0.05, 0) is 58.6 Å². The Bertz CT molecular complexity index is 675. The van der Waals surface area contributed by atoms with Crippen molar-refractivity contribution in [3.05, 3.63) is 57.3 Å². The summed E-state index contributed by atoms with van der Waals surface area (Å²) in [5.41, 5.74) is 2.66. The third-order valence-corrected chi connectivity index (χ3v) is 4.03. The summed E-state index contributed by atoms with van der Waals surface area (Å²) >= 11 is 9.37. The van der Waals surface area contributed by atoms with E-state index < -0.39 is 0 Å². The monoisotopic (exact) mass is 350 g/mol. The van der Waals surface area contributed by atoms with E-state index in [1.54, 1.807) is 23.4 Å². The van der Waals surface area contributed by atoms with Crippen LogP contribution >= 0.6 is 27.5 Å². The van der Waals surface area contributed by atoms with Gasteiger partial charge in [-0.15, -0.1) is 0 Å². The molecule has 102 valence electrons. The van der Waals surface area contributed by atoms with Crippen LogP contribution in [0.3, 0.4) is 0 Å². The van der Waals surface area contributed by atoms with Gasteiger partial charge in [-0.25, -0.2) is 0 Å². The molecule has 0 saturated heterocycles. The number of benzene rings is 1. The first-order valence-corrected chi connectivity index (χ1v) is 7.53. The summed E-state index contributed by atoms with van der Waals surface area (Å²) in [6.45, 7) is 0.722. The van der Waals surface area contributed by atoms with Gasteiger partial charge in [0.25, 0.3) is 5.91 Å². The Labute approximate surface area is 130 Å². The SMILES string of the molecule is O=C(c1cncc(Br)c1)N1CCCc2cc(Cl)ccc21. The highest BCUT2D eigenvalue weighted by Crippen LogP contribution is 2.30. The number of aryl methyl sites for hydroxylation is 1. The molecular weight excluding hydrogens is 340 g/mol. The lowest BCUT2D eigenvalue weighted by Gasteiger charge is -2.29. The van der Waals surface area contributed by atoms with Crippen molar-refractivity contribution >= 4 is 39.1 Å². The minimum absolute atomic E-state index is 0.0259. The number of rotatable bonds is 1. The number of hydrogen-bond acceptors (Lipinski definition) is 2. The van der Waals surface area contributed by atoms with E-state index in [9.17, 15) is 4.79 Å². The first kappa shape index (κ1) is 13.6. The number of nitrogens with zero attached hydrogens (tertiary/aromatic N) is 2. The highest BCUT2D eigenvalue weighted by atomic mass is 79.9. The molecule has 0 aliphatic carbocycles. The molecule has 0 atom stereocenters. The number of halogens is 2. The van der Waals surface area contributed by atoms with E-state index in [1.165, 1.54) is 0 Å². The van der Waals surface area contributed by atoms with Gasteiger partial charge in [0.05, 0.1) is 5.56 Å². The zero-order chi connectivity index (χ0) is 14.1. The molecule has 3 nitrogen and oxygen atoms in total. The van der Waals surface area contributed by atoms with Crippen molar-refractivity contribution in [2.45, 2.75) is 12.8 Å². The fourth-order valence-corrected chi connectivity index (χ4v) is 3.02. The molecule has 2 aromatic rings. The van der Waals surface area contributed by atoms with Crippen LogP contribution in [0.25, 0.3) is 0 Å². The predicted molar refractivity (Wildman–Crippen MR) is 83.4 cm³/mol. The number of hydrogen-bond donors (Lipinski definition) is 0. The van der Waals surface area contributed by atoms with E-state index in [0.29, 0.717) is 10.6 Å². The minimum atomic E-state index is -0.0259. The van der Waals surface area contributed by atoms with E-state index >= 15 is 0 Å². The first-order valence-electron chi connectivity index (χ1n) is 6.36. The van der Waals surface area contributed by atoms with Crippen molar-refractivity contribution in [2.75, 3.05) is 11.4 Å². The molecule has 2 heterocycles. The summed E-state index contributed by atoms with van der Waals surface area (Å²) in [5, 5.41) is 0.710. The van der Waals surface area contributed by atoms with Crippen LogP contribution in [-0.4, -0.2) is 17.4 Å². The lowest BCUT2D eigenvalue weighted by Crippen LogP contribution is -2.35.